The highest BCUT2D eigenvalue weighted by molar-refractivity contribution is 6.40. The van der Waals surface area contributed by atoms with E-state index in [-0.39, 0.29) is 12.5 Å². The normalized spacial score (nSPS) is 13.0. The fraction of sp³-hybridized carbons (Fsp3) is 0.0833. The third-order valence-corrected chi connectivity index (χ3v) is 5.66. The number of hydrogen-bond donors (Lipinski definition) is 0. The molecule has 0 atom stereocenters. The molecule has 30 heavy (non-hydrogen) atoms. The molecule has 0 saturated carbocycles. The molecule has 0 saturated heterocycles. The second-order valence-electron chi connectivity index (χ2n) is 7.05. The number of para-hydroxylation sites is 2. The van der Waals surface area contributed by atoms with Gasteiger partial charge < -0.3 is 4.74 Å². The molecular formula is C24H16Cl2N2O2. The van der Waals surface area contributed by atoms with Gasteiger partial charge in [0.25, 0.3) is 0 Å². The van der Waals surface area contributed by atoms with Crippen LogP contribution in [0.5, 0.6) is 5.75 Å². The number of fused-ring (bicyclic) bond motifs is 2. The fourth-order valence-electron chi connectivity index (χ4n) is 3.69. The van der Waals surface area contributed by atoms with E-state index in [1.165, 1.54) is 0 Å². The van der Waals surface area contributed by atoms with Crippen molar-refractivity contribution in [2.24, 2.45) is 0 Å². The predicted molar refractivity (Wildman–Crippen MR) is 120 cm³/mol. The molecule has 2 heterocycles. The summed E-state index contributed by atoms with van der Waals surface area (Å²) in [6.07, 6.45) is 0.328. The highest BCUT2D eigenvalue weighted by Crippen LogP contribution is 2.44. The van der Waals surface area contributed by atoms with Crippen LogP contribution in [0.4, 0.5) is 11.4 Å². The van der Waals surface area contributed by atoms with E-state index >= 15 is 0 Å². The second kappa shape index (κ2) is 7.63. The molecule has 4 aromatic rings. The summed E-state index contributed by atoms with van der Waals surface area (Å²) in [5.74, 6) is 0.456. The molecule has 0 unspecified atom stereocenters. The van der Waals surface area contributed by atoms with Gasteiger partial charge in [0.2, 0.25) is 5.91 Å². The van der Waals surface area contributed by atoms with Crippen LogP contribution in [-0.2, 0) is 17.8 Å². The number of benzene rings is 3. The van der Waals surface area contributed by atoms with E-state index in [0.29, 0.717) is 27.9 Å². The SMILES string of the molecule is O=C1Cc2ccccc2N1c1c(Cl)cc(OCc2ccc3ccccc3n2)cc1Cl. The molecule has 1 aliphatic rings. The molecule has 6 heteroatoms. The minimum Gasteiger partial charge on any atom is -0.487 e. The first-order valence-corrected chi connectivity index (χ1v) is 10.2. The number of rotatable bonds is 4. The molecule has 0 spiro atoms. The molecule has 5 rings (SSSR count). The van der Waals surface area contributed by atoms with Crippen molar-refractivity contribution in [3.05, 3.63) is 94.1 Å². The maximum atomic E-state index is 12.6. The molecule has 0 fully saturated rings. The molecule has 0 N–H and O–H groups in total. The van der Waals surface area contributed by atoms with Crippen LogP contribution in [0.2, 0.25) is 10.0 Å². The number of amides is 1. The summed E-state index contributed by atoms with van der Waals surface area (Å²) in [6, 6.07) is 22.8. The molecule has 4 nitrogen and oxygen atoms in total. The fourth-order valence-corrected chi connectivity index (χ4v) is 4.32. The molecule has 3 aromatic carbocycles. The Labute approximate surface area is 183 Å². The number of anilines is 2. The highest BCUT2D eigenvalue weighted by atomic mass is 35.5. The van der Waals surface area contributed by atoms with Gasteiger partial charge in [-0.15, -0.1) is 0 Å². The Kier molecular flexibility index (Phi) is 4.81. The smallest absolute Gasteiger partial charge is 0.236 e. The van der Waals surface area contributed by atoms with E-state index in [9.17, 15) is 4.79 Å². The largest absolute Gasteiger partial charge is 0.487 e. The van der Waals surface area contributed by atoms with Crippen LogP contribution in [-0.4, -0.2) is 10.9 Å². The monoisotopic (exact) mass is 434 g/mol. The summed E-state index contributed by atoms with van der Waals surface area (Å²) in [7, 11) is 0. The van der Waals surface area contributed by atoms with Crippen LogP contribution in [0.25, 0.3) is 10.9 Å². The summed E-state index contributed by atoms with van der Waals surface area (Å²) < 4.78 is 5.88. The molecule has 0 aliphatic carbocycles. The Morgan fingerprint density at radius 3 is 2.50 bits per heavy atom. The van der Waals surface area contributed by atoms with Crippen molar-refractivity contribution in [2.75, 3.05) is 4.90 Å². The third-order valence-electron chi connectivity index (χ3n) is 5.08. The zero-order valence-electron chi connectivity index (χ0n) is 15.8. The van der Waals surface area contributed by atoms with Gasteiger partial charge >= 0.3 is 0 Å². The van der Waals surface area contributed by atoms with Gasteiger partial charge in [-0.2, -0.15) is 0 Å². The topological polar surface area (TPSA) is 42.4 Å². The van der Waals surface area contributed by atoms with E-state index in [1.807, 2.05) is 60.7 Å². The Morgan fingerprint density at radius 2 is 1.67 bits per heavy atom. The number of nitrogens with zero attached hydrogens (tertiary/aromatic N) is 2. The Bertz CT molecular complexity index is 1270. The summed E-state index contributed by atoms with van der Waals surface area (Å²) in [5.41, 5.74) is 3.95. The molecule has 1 aliphatic heterocycles. The van der Waals surface area contributed by atoms with Gasteiger partial charge in [-0.05, 0) is 23.8 Å². The molecule has 1 aromatic heterocycles. The van der Waals surface area contributed by atoms with Gasteiger partial charge in [0.05, 0.1) is 39.1 Å². The van der Waals surface area contributed by atoms with Gasteiger partial charge in [0.1, 0.15) is 12.4 Å². The summed E-state index contributed by atoms with van der Waals surface area (Å²) in [6.45, 7) is 0.280. The van der Waals surface area contributed by atoms with Gasteiger partial charge in [0.15, 0.2) is 0 Å². The number of aromatic nitrogens is 1. The minimum absolute atomic E-state index is 0.0611. The number of halogens is 2. The quantitative estimate of drug-likeness (QED) is 0.376. The number of hydrogen-bond acceptors (Lipinski definition) is 3. The summed E-state index contributed by atoms with van der Waals surface area (Å²) in [5, 5.41) is 1.79. The zero-order valence-corrected chi connectivity index (χ0v) is 17.3. The van der Waals surface area contributed by atoms with E-state index in [4.69, 9.17) is 27.9 Å². The minimum atomic E-state index is -0.0611. The van der Waals surface area contributed by atoms with Crippen molar-refractivity contribution in [3.63, 3.8) is 0 Å². The first-order valence-electron chi connectivity index (χ1n) is 9.47. The van der Waals surface area contributed by atoms with Crippen LogP contribution in [0.3, 0.4) is 0 Å². The van der Waals surface area contributed by atoms with Gasteiger partial charge in [-0.3, -0.25) is 9.69 Å². The van der Waals surface area contributed by atoms with Crippen molar-refractivity contribution >= 4 is 51.4 Å². The van der Waals surface area contributed by atoms with Crippen LogP contribution in [0.15, 0.2) is 72.8 Å². The molecule has 0 radical (unpaired) electrons. The standard InChI is InChI=1S/C24H16Cl2N2O2/c25-19-12-18(30-14-17-10-9-15-5-1-3-7-21(15)27-17)13-20(26)24(19)28-22-8-4-2-6-16(22)11-23(28)29/h1-10,12-13H,11,14H2. The Hall–Kier alpha value is -3.08. The average Bonchev–Trinajstić information content (AvgIpc) is 3.07. The van der Waals surface area contributed by atoms with Crippen molar-refractivity contribution in [1.82, 2.24) is 4.98 Å². The van der Waals surface area contributed by atoms with Crippen LogP contribution in [0, 0.1) is 0 Å². The predicted octanol–water partition coefficient (Wildman–Crippen LogP) is 6.34. The van der Waals surface area contributed by atoms with Gasteiger partial charge in [-0.25, -0.2) is 4.98 Å². The van der Waals surface area contributed by atoms with Crippen LogP contribution in [0.1, 0.15) is 11.3 Å². The lowest BCUT2D eigenvalue weighted by Gasteiger charge is -2.21. The lowest BCUT2D eigenvalue weighted by Crippen LogP contribution is -2.21. The molecular weight excluding hydrogens is 419 g/mol. The van der Waals surface area contributed by atoms with E-state index in [2.05, 4.69) is 4.98 Å². The molecule has 0 bridgehead atoms. The number of carbonyl (C=O) groups is 1. The lowest BCUT2D eigenvalue weighted by atomic mass is 10.2. The second-order valence-corrected chi connectivity index (χ2v) is 7.87. The average molecular weight is 435 g/mol. The van der Waals surface area contributed by atoms with Crippen molar-refractivity contribution in [2.45, 2.75) is 13.0 Å². The molecule has 148 valence electrons. The number of pyridine rings is 1. The van der Waals surface area contributed by atoms with Crippen LogP contribution >= 0.6 is 23.2 Å². The van der Waals surface area contributed by atoms with E-state index < -0.39 is 0 Å². The maximum Gasteiger partial charge on any atom is 0.236 e. The highest BCUT2D eigenvalue weighted by Gasteiger charge is 2.31. The van der Waals surface area contributed by atoms with Crippen molar-refractivity contribution in [1.29, 1.82) is 0 Å². The maximum absolute atomic E-state index is 12.6. The number of ether oxygens (including phenoxy) is 1. The van der Waals surface area contributed by atoms with Crippen molar-refractivity contribution in [3.8, 4) is 5.75 Å². The first-order chi connectivity index (χ1) is 14.6. The van der Waals surface area contributed by atoms with Gasteiger partial charge in [-0.1, -0.05) is 65.7 Å². The van der Waals surface area contributed by atoms with Gasteiger partial charge in [0, 0.05) is 17.5 Å². The first kappa shape index (κ1) is 18.9. The Balaban J connectivity index is 1.41. The third kappa shape index (κ3) is 3.38. The zero-order chi connectivity index (χ0) is 20.7. The summed E-state index contributed by atoms with van der Waals surface area (Å²) >= 11 is 13.1. The Morgan fingerprint density at radius 1 is 0.933 bits per heavy atom. The lowest BCUT2D eigenvalue weighted by molar-refractivity contribution is -0.116. The van der Waals surface area contributed by atoms with Crippen molar-refractivity contribution < 1.29 is 9.53 Å². The number of carbonyl (C=O) groups excluding carboxylic acids is 1. The van der Waals surface area contributed by atoms with E-state index in [0.717, 1.165) is 27.8 Å². The molecule has 1 amide bonds. The van der Waals surface area contributed by atoms with Crippen LogP contribution < -0.4 is 9.64 Å². The van der Waals surface area contributed by atoms with E-state index in [1.54, 1.807) is 17.0 Å². The summed E-state index contributed by atoms with van der Waals surface area (Å²) in [4.78, 5) is 18.8.